The molecule has 0 radical (unpaired) electrons. The summed E-state index contributed by atoms with van der Waals surface area (Å²) in [4.78, 5) is 12.2. The highest BCUT2D eigenvalue weighted by atomic mass is 16.1. The SMILES string of the molecule is N#Cc1cccc(NC(=O)c2ccc3c(c2)CCC3)c1. The molecule has 3 nitrogen and oxygen atoms in total. The van der Waals surface area contributed by atoms with Gasteiger partial charge in [0.15, 0.2) is 0 Å². The minimum atomic E-state index is -0.130. The van der Waals surface area contributed by atoms with Crippen LogP contribution in [0.15, 0.2) is 42.5 Å². The number of aryl methyl sites for hydroxylation is 2. The summed E-state index contributed by atoms with van der Waals surface area (Å²) in [5.74, 6) is -0.130. The Morgan fingerprint density at radius 1 is 1.10 bits per heavy atom. The molecule has 0 saturated carbocycles. The normalized spacial score (nSPS) is 12.6. The molecular weight excluding hydrogens is 248 g/mol. The summed E-state index contributed by atoms with van der Waals surface area (Å²) in [6, 6.07) is 14.9. The zero-order valence-corrected chi connectivity index (χ0v) is 11.0. The molecule has 1 N–H and O–H groups in total. The number of amides is 1. The molecule has 2 aromatic carbocycles. The maximum Gasteiger partial charge on any atom is 0.255 e. The molecule has 0 bridgehead atoms. The van der Waals surface area contributed by atoms with Crippen molar-refractivity contribution in [3.05, 3.63) is 64.7 Å². The van der Waals surface area contributed by atoms with Crippen molar-refractivity contribution in [1.29, 1.82) is 5.26 Å². The lowest BCUT2D eigenvalue weighted by Gasteiger charge is -2.07. The van der Waals surface area contributed by atoms with Crippen molar-refractivity contribution in [2.24, 2.45) is 0 Å². The van der Waals surface area contributed by atoms with E-state index in [0.717, 1.165) is 12.8 Å². The summed E-state index contributed by atoms with van der Waals surface area (Å²) >= 11 is 0. The molecule has 98 valence electrons. The Morgan fingerprint density at radius 2 is 1.95 bits per heavy atom. The maximum absolute atomic E-state index is 12.2. The number of benzene rings is 2. The maximum atomic E-state index is 12.2. The van der Waals surface area contributed by atoms with Crippen LogP contribution in [0.3, 0.4) is 0 Å². The first-order valence-corrected chi connectivity index (χ1v) is 6.69. The van der Waals surface area contributed by atoms with Crippen LogP contribution in [-0.2, 0) is 12.8 Å². The fourth-order valence-electron chi connectivity index (χ4n) is 2.58. The van der Waals surface area contributed by atoms with Crippen molar-refractivity contribution in [2.45, 2.75) is 19.3 Å². The van der Waals surface area contributed by atoms with E-state index in [-0.39, 0.29) is 5.91 Å². The van der Waals surface area contributed by atoms with Crippen LogP contribution >= 0.6 is 0 Å². The number of nitriles is 1. The summed E-state index contributed by atoms with van der Waals surface area (Å²) in [7, 11) is 0. The minimum Gasteiger partial charge on any atom is -0.322 e. The third-order valence-electron chi connectivity index (χ3n) is 3.61. The molecule has 1 aliphatic rings. The van der Waals surface area contributed by atoms with Gasteiger partial charge in [0.2, 0.25) is 0 Å². The summed E-state index contributed by atoms with van der Waals surface area (Å²) in [5, 5.41) is 11.7. The molecule has 0 fully saturated rings. The van der Waals surface area contributed by atoms with Crippen molar-refractivity contribution < 1.29 is 4.79 Å². The van der Waals surface area contributed by atoms with E-state index in [9.17, 15) is 4.79 Å². The molecule has 0 spiro atoms. The largest absolute Gasteiger partial charge is 0.322 e. The van der Waals surface area contributed by atoms with Gasteiger partial charge in [0.05, 0.1) is 11.6 Å². The highest BCUT2D eigenvalue weighted by Crippen LogP contribution is 2.23. The minimum absolute atomic E-state index is 0.130. The second kappa shape index (κ2) is 5.18. The monoisotopic (exact) mass is 262 g/mol. The number of carbonyl (C=O) groups is 1. The van der Waals surface area contributed by atoms with Gasteiger partial charge in [-0.1, -0.05) is 12.1 Å². The number of fused-ring (bicyclic) bond motifs is 1. The van der Waals surface area contributed by atoms with Gasteiger partial charge in [-0.15, -0.1) is 0 Å². The van der Waals surface area contributed by atoms with E-state index < -0.39 is 0 Å². The summed E-state index contributed by atoms with van der Waals surface area (Å²) in [6.45, 7) is 0. The molecular formula is C17H14N2O. The lowest BCUT2D eigenvalue weighted by atomic mass is 10.1. The van der Waals surface area contributed by atoms with Crippen molar-refractivity contribution in [1.82, 2.24) is 0 Å². The van der Waals surface area contributed by atoms with Gasteiger partial charge in [-0.05, 0) is 60.7 Å². The van der Waals surface area contributed by atoms with Crippen LogP contribution in [0.2, 0.25) is 0 Å². The number of rotatable bonds is 2. The van der Waals surface area contributed by atoms with Crippen molar-refractivity contribution >= 4 is 11.6 Å². The summed E-state index contributed by atoms with van der Waals surface area (Å²) < 4.78 is 0. The highest BCUT2D eigenvalue weighted by molar-refractivity contribution is 6.04. The Balaban J connectivity index is 1.81. The smallest absolute Gasteiger partial charge is 0.255 e. The Kier molecular flexibility index (Phi) is 3.22. The van der Waals surface area contributed by atoms with E-state index in [2.05, 4.69) is 11.4 Å². The van der Waals surface area contributed by atoms with Crippen LogP contribution in [0, 0.1) is 11.3 Å². The topological polar surface area (TPSA) is 52.9 Å². The molecule has 0 atom stereocenters. The van der Waals surface area contributed by atoms with E-state index in [1.165, 1.54) is 17.5 Å². The number of carbonyl (C=O) groups excluding carboxylic acids is 1. The van der Waals surface area contributed by atoms with Gasteiger partial charge < -0.3 is 5.32 Å². The molecule has 1 amide bonds. The van der Waals surface area contributed by atoms with Gasteiger partial charge in [0.1, 0.15) is 0 Å². The average molecular weight is 262 g/mol. The number of hydrogen-bond acceptors (Lipinski definition) is 2. The number of nitrogens with zero attached hydrogens (tertiary/aromatic N) is 1. The zero-order valence-electron chi connectivity index (χ0n) is 11.0. The van der Waals surface area contributed by atoms with Gasteiger partial charge in [-0.25, -0.2) is 0 Å². The Bertz CT molecular complexity index is 713. The van der Waals surface area contributed by atoms with Crippen LogP contribution in [0.5, 0.6) is 0 Å². The molecule has 2 aromatic rings. The Morgan fingerprint density at radius 3 is 2.80 bits per heavy atom. The lowest BCUT2D eigenvalue weighted by molar-refractivity contribution is 0.102. The van der Waals surface area contributed by atoms with Crippen LogP contribution < -0.4 is 5.32 Å². The van der Waals surface area contributed by atoms with E-state index in [0.29, 0.717) is 16.8 Å². The van der Waals surface area contributed by atoms with Gasteiger partial charge in [-0.2, -0.15) is 5.26 Å². The van der Waals surface area contributed by atoms with Gasteiger partial charge >= 0.3 is 0 Å². The molecule has 3 rings (SSSR count). The van der Waals surface area contributed by atoms with Gasteiger partial charge in [0.25, 0.3) is 5.91 Å². The summed E-state index contributed by atoms with van der Waals surface area (Å²) in [5.41, 5.74) is 4.50. The van der Waals surface area contributed by atoms with Crippen LogP contribution in [-0.4, -0.2) is 5.91 Å². The molecule has 1 aliphatic carbocycles. The standard InChI is InChI=1S/C17H14N2O/c18-11-12-3-1-6-16(9-12)19-17(20)15-8-7-13-4-2-5-14(13)10-15/h1,3,6-10H,2,4-5H2,(H,19,20). The zero-order chi connectivity index (χ0) is 13.9. The molecule has 0 saturated heterocycles. The average Bonchev–Trinajstić information content (AvgIpc) is 2.94. The first kappa shape index (κ1) is 12.4. The van der Waals surface area contributed by atoms with E-state index in [4.69, 9.17) is 5.26 Å². The second-order valence-electron chi connectivity index (χ2n) is 4.98. The van der Waals surface area contributed by atoms with E-state index >= 15 is 0 Å². The first-order chi connectivity index (χ1) is 9.76. The first-order valence-electron chi connectivity index (χ1n) is 6.69. The number of nitrogens with one attached hydrogen (secondary N) is 1. The molecule has 0 aromatic heterocycles. The molecule has 20 heavy (non-hydrogen) atoms. The van der Waals surface area contributed by atoms with E-state index in [1.54, 1.807) is 24.3 Å². The second-order valence-corrected chi connectivity index (χ2v) is 4.98. The fourth-order valence-corrected chi connectivity index (χ4v) is 2.58. The third-order valence-corrected chi connectivity index (χ3v) is 3.61. The van der Waals surface area contributed by atoms with Crippen LogP contribution in [0.1, 0.15) is 33.5 Å². The van der Waals surface area contributed by atoms with Crippen LogP contribution in [0.25, 0.3) is 0 Å². The van der Waals surface area contributed by atoms with Gasteiger partial charge in [-0.3, -0.25) is 4.79 Å². The molecule has 0 aliphatic heterocycles. The van der Waals surface area contributed by atoms with Crippen molar-refractivity contribution in [3.63, 3.8) is 0 Å². The Labute approximate surface area is 117 Å². The number of hydrogen-bond donors (Lipinski definition) is 1. The van der Waals surface area contributed by atoms with Crippen molar-refractivity contribution in [3.8, 4) is 6.07 Å². The van der Waals surface area contributed by atoms with Crippen LogP contribution in [0.4, 0.5) is 5.69 Å². The van der Waals surface area contributed by atoms with Crippen molar-refractivity contribution in [2.75, 3.05) is 5.32 Å². The Hall–Kier alpha value is -2.60. The molecule has 3 heteroatoms. The lowest BCUT2D eigenvalue weighted by Crippen LogP contribution is -2.12. The predicted octanol–water partition coefficient (Wildman–Crippen LogP) is 3.30. The molecule has 0 heterocycles. The molecule has 0 unspecified atom stereocenters. The number of anilines is 1. The highest BCUT2D eigenvalue weighted by Gasteiger charge is 2.14. The predicted molar refractivity (Wildman–Crippen MR) is 77.6 cm³/mol. The summed E-state index contributed by atoms with van der Waals surface area (Å²) in [6.07, 6.45) is 3.34. The quantitative estimate of drug-likeness (QED) is 0.902. The van der Waals surface area contributed by atoms with Gasteiger partial charge in [0, 0.05) is 11.3 Å². The van der Waals surface area contributed by atoms with E-state index in [1.807, 2.05) is 18.2 Å². The third kappa shape index (κ3) is 2.41. The fraction of sp³-hybridized carbons (Fsp3) is 0.176.